The van der Waals surface area contributed by atoms with E-state index >= 15 is 0 Å². The molecule has 5 nitrogen and oxygen atoms in total. The van der Waals surface area contributed by atoms with Gasteiger partial charge in [0.2, 0.25) is 0 Å². The van der Waals surface area contributed by atoms with Crippen molar-refractivity contribution in [1.82, 2.24) is 9.88 Å². The molecular weight excluding hydrogens is 348 g/mol. The van der Waals surface area contributed by atoms with Crippen LogP contribution >= 0.6 is 0 Å². The third kappa shape index (κ3) is 3.51. The second-order valence-corrected chi connectivity index (χ2v) is 8.72. The summed E-state index contributed by atoms with van der Waals surface area (Å²) in [5, 5.41) is 0.998. The highest BCUT2D eigenvalue weighted by molar-refractivity contribution is 7.90. The Bertz CT molecular complexity index is 1070. The van der Waals surface area contributed by atoms with Crippen LogP contribution in [0.5, 0.6) is 0 Å². The fourth-order valence-corrected chi connectivity index (χ4v) is 3.57. The van der Waals surface area contributed by atoms with Crippen molar-refractivity contribution in [3.05, 3.63) is 65.4 Å². The molecule has 1 heterocycles. The number of hydrogen-bond acceptors (Lipinski definition) is 3. The van der Waals surface area contributed by atoms with Crippen LogP contribution in [0.25, 0.3) is 10.9 Å². The lowest BCUT2D eigenvalue weighted by atomic mass is 10.1. The molecule has 136 valence electrons. The van der Waals surface area contributed by atoms with E-state index in [1.807, 2.05) is 38.1 Å². The number of aromatic amines is 1. The summed E-state index contributed by atoms with van der Waals surface area (Å²) in [7, 11) is -1.48. The highest BCUT2D eigenvalue weighted by Gasteiger charge is 2.21. The van der Waals surface area contributed by atoms with Crippen LogP contribution in [0.1, 0.15) is 34.6 Å². The molecule has 0 spiro atoms. The van der Waals surface area contributed by atoms with Gasteiger partial charge in [-0.3, -0.25) is 4.79 Å². The van der Waals surface area contributed by atoms with Crippen LogP contribution in [0.3, 0.4) is 0 Å². The van der Waals surface area contributed by atoms with Crippen LogP contribution < -0.4 is 0 Å². The molecule has 0 saturated heterocycles. The Labute approximate surface area is 153 Å². The molecule has 6 heteroatoms. The monoisotopic (exact) mass is 370 g/mol. The van der Waals surface area contributed by atoms with Gasteiger partial charge in [-0.2, -0.15) is 0 Å². The van der Waals surface area contributed by atoms with Gasteiger partial charge < -0.3 is 9.88 Å². The first-order valence-electron chi connectivity index (χ1n) is 8.33. The summed E-state index contributed by atoms with van der Waals surface area (Å²) >= 11 is 0. The van der Waals surface area contributed by atoms with Crippen LogP contribution in [0.15, 0.2) is 53.4 Å². The largest absolute Gasteiger partial charge is 0.351 e. The Kier molecular flexibility index (Phi) is 4.63. The van der Waals surface area contributed by atoms with Crippen LogP contribution in [0.4, 0.5) is 0 Å². The van der Waals surface area contributed by atoms with E-state index < -0.39 is 9.84 Å². The third-order valence-corrected chi connectivity index (χ3v) is 5.83. The number of amides is 1. The summed E-state index contributed by atoms with van der Waals surface area (Å²) in [5.41, 5.74) is 3.48. The zero-order valence-corrected chi connectivity index (χ0v) is 16.1. The summed E-state index contributed by atoms with van der Waals surface area (Å²) in [5.74, 6) is -0.112. The molecule has 1 atom stereocenters. The first kappa shape index (κ1) is 18.2. The van der Waals surface area contributed by atoms with Gasteiger partial charge >= 0.3 is 0 Å². The van der Waals surface area contributed by atoms with Gasteiger partial charge in [-0.25, -0.2) is 8.42 Å². The normalized spacial score (nSPS) is 12.9. The number of nitrogens with one attached hydrogen (secondary N) is 1. The number of hydrogen-bond donors (Lipinski definition) is 1. The average Bonchev–Trinajstić information content (AvgIpc) is 3.02. The van der Waals surface area contributed by atoms with Gasteiger partial charge in [0.05, 0.1) is 10.9 Å². The van der Waals surface area contributed by atoms with Crippen LogP contribution in [-0.4, -0.2) is 37.5 Å². The van der Waals surface area contributed by atoms with Gasteiger partial charge in [-0.05, 0) is 49.2 Å². The van der Waals surface area contributed by atoms with Crippen molar-refractivity contribution >= 4 is 26.6 Å². The van der Waals surface area contributed by atoms with Crippen molar-refractivity contribution in [2.45, 2.75) is 24.8 Å². The number of aryl methyl sites for hydroxylation is 1. The molecule has 1 aromatic heterocycles. The van der Waals surface area contributed by atoms with E-state index in [1.165, 1.54) is 6.26 Å². The van der Waals surface area contributed by atoms with Gasteiger partial charge in [0.15, 0.2) is 9.84 Å². The van der Waals surface area contributed by atoms with E-state index in [0.29, 0.717) is 5.69 Å². The van der Waals surface area contributed by atoms with Gasteiger partial charge in [0, 0.05) is 24.2 Å². The van der Waals surface area contributed by atoms with Gasteiger partial charge in [-0.15, -0.1) is 0 Å². The highest BCUT2D eigenvalue weighted by Crippen LogP contribution is 2.24. The Morgan fingerprint density at radius 1 is 1.08 bits per heavy atom. The maximum absolute atomic E-state index is 12.8. The van der Waals surface area contributed by atoms with E-state index in [9.17, 15) is 13.2 Å². The molecule has 3 aromatic rings. The number of carbonyl (C=O) groups excluding carboxylic acids is 1. The molecule has 0 aliphatic heterocycles. The molecule has 0 aliphatic carbocycles. The Hall–Kier alpha value is -2.60. The maximum Gasteiger partial charge on any atom is 0.270 e. The first-order valence-corrected chi connectivity index (χ1v) is 10.2. The number of rotatable bonds is 4. The molecule has 26 heavy (non-hydrogen) atoms. The second-order valence-electron chi connectivity index (χ2n) is 6.71. The third-order valence-electron chi connectivity index (χ3n) is 4.70. The number of sulfone groups is 1. The van der Waals surface area contributed by atoms with E-state index in [0.717, 1.165) is 22.0 Å². The average molecular weight is 370 g/mol. The molecule has 3 rings (SSSR count). The van der Waals surface area contributed by atoms with E-state index in [1.54, 1.807) is 36.2 Å². The zero-order chi connectivity index (χ0) is 19.1. The molecule has 0 fully saturated rings. The standard InChI is InChI=1S/C20H22N2O3S/c1-13-5-6-16-12-19(21-18(16)11-13)20(23)22(3)14(2)15-7-9-17(10-8-15)26(4,24)25/h5-12,14,21H,1-4H3. The molecule has 0 bridgehead atoms. The fraction of sp³-hybridized carbons (Fsp3) is 0.250. The van der Waals surface area contributed by atoms with Gasteiger partial charge in [0.1, 0.15) is 5.69 Å². The molecule has 2 aromatic carbocycles. The minimum Gasteiger partial charge on any atom is -0.351 e. The lowest BCUT2D eigenvalue weighted by molar-refractivity contribution is 0.0737. The Morgan fingerprint density at radius 2 is 1.73 bits per heavy atom. The zero-order valence-electron chi connectivity index (χ0n) is 15.3. The van der Waals surface area contributed by atoms with Crippen molar-refractivity contribution in [3.63, 3.8) is 0 Å². The van der Waals surface area contributed by atoms with Crippen molar-refractivity contribution < 1.29 is 13.2 Å². The SMILES string of the molecule is Cc1ccc2cc(C(=O)N(C)C(C)c3ccc(S(C)(=O)=O)cc3)[nH]c2c1. The molecule has 0 saturated carbocycles. The van der Waals surface area contributed by atoms with Crippen molar-refractivity contribution in [1.29, 1.82) is 0 Å². The summed E-state index contributed by atoms with van der Waals surface area (Å²) < 4.78 is 23.2. The number of aromatic nitrogens is 1. The summed E-state index contributed by atoms with van der Waals surface area (Å²) in [4.78, 5) is 17.9. The minimum atomic E-state index is -3.23. The smallest absolute Gasteiger partial charge is 0.270 e. The van der Waals surface area contributed by atoms with Crippen LogP contribution in [0.2, 0.25) is 0 Å². The van der Waals surface area contributed by atoms with E-state index in [2.05, 4.69) is 4.98 Å². The Balaban J connectivity index is 1.84. The van der Waals surface area contributed by atoms with E-state index in [4.69, 9.17) is 0 Å². The predicted molar refractivity (Wildman–Crippen MR) is 103 cm³/mol. The first-order chi connectivity index (χ1) is 12.2. The number of fused-ring (bicyclic) bond motifs is 1. The quantitative estimate of drug-likeness (QED) is 0.761. The maximum atomic E-state index is 12.8. The number of H-pyrrole nitrogens is 1. The van der Waals surface area contributed by atoms with E-state index in [-0.39, 0.29) is 16.8 Å². The molecular formula is C20H22N2O3S. The molecule has 0 aliphatic rings. The molecule has 1 amide bonds. The van der Waals surface area contributed by atoms with Crippen LogP contribution in [0, 0.1) is 6.92 Å². The summed E-state index contributed by atoms with van der Waals surface area (Å²) in [6, 6.07) is 14.3. The predicted octanol–water partition coefficient (Wildman–Crippen LogP) is 3.71. The topological polar surface area (TPSA) is 70.2 Å². The second kappa shape index (κ2) is 6.61. The summed E-state index contributed by atoms with van der Waals surface area (Å²) in [6.45, 7) is 3.93. The Morgan fingerprint density at radius 3 is 2.35 bits per heavy atom. The van der Waals surface area contributed by atoms with Crippen molar-refractivity contribution in [2.75, 3.05) is 13.3 Å². The van der Waals surface area contributed by atoms with Gasteiger partial charge in [-0.1, -0.05) is 24.3 Å². The lowest BCUT2D eigenvalue weighted by Gasteiger charge is -2.25. The molecule has 0 radical (unpaired) electrons. The van der Waals surface area contributed by atoms with Crippen molar-refractivity contribution in [3.8, 4) is 0 Å². The number of benzene rings is 2. The number of nitrogens with zero attached hydrogens (tertiary/aromatic N) is 1. The summed E-state index contributed by atoms with van der Waals surface area (Å²) in [6.07, 6.45) is 1.18. The minimum absolute atomic E-state index is 0.112. The van der Waals surface area contributed by atoms with Gasteiger partial charge in [0.25, 0.3) is 5.91 Å². The van der Waals surface area contributed by atoms with Crippen LogP contribution in [-0.2, 0) is 9.84 Å². The highest BCUT2D eigenvalue weighted by atomic mass is 32.2. The fourth-order valence-electron chi connectivity index (χ4n) is 2.94. The number of carbonyl (C=O) groups is 1. The van der Waals surface area contributed by atoms with Crippen molar-refractivity contribution in [2.24, 2.45) is 0 Å². The molecule has 1 N–H and O–H groups in total. The molecule has 1 unspecified atom stereocenters. The lowest BCUT2D eigenvalue weighted by Crippen LogP contribution is -2.29.